The number of aromatic nitrogens is 1. The summed E-state index contributed by atoms with van der Waals surface area (Å²) in [6, 6.07) is 16.4. The Kier molecular flexibility index (Phi) is 6.42. The molecule has 1 N–H and O–H groups in total. The predicted octanol–water partition coefficient (Wildman–Crippen LogP) is 5.39. The Bertz CT molecular complexity index is 1250. The van der Waals surface area contributed by atoms with E-state index < -0.39 is 5.97 Å². The van der Waals surface area contributed by atoms with Crippen molar-refractivity contribution in [2.45, 2.75) is 20.0 Å². The molecule has 2 aromatic heterocycles. The van der Waals surface area contributed by atoms with Gasteiger partial charge < -0.3 is 14.5 Å². The summed E-state index contributed by atoms with van der Waals surface area (Å²) in [5.41, 5.74) is 2.95. The van der Waals surface area contributed by atoms with Crippen molar-refractivity contribution in [3.8, 4) is 11.3 Å². The minimum Gasteiger partial charge on any atom is -0.453 e. The third-order valence-electron chi connectivity index (χ3n) is 4.62. The molecule has 0 radical (unpaired) electrons. The van der Waals surface area contributed by atoms with E-state index in [1.807, 2.05) is 31.2 Å². The van der Waals surface area contributed by atoms with Gasteiger partial charge in [-0.2, -0.15) is 0 Å². The molecule has 0 bridgehead atoms. The number of hydrogen-bond donors (Lipinski definition) is 1. The number of hydrogen-bond acceptors (Lipinski definition) is 6. The number of nitrogens with one attached hydrogen (secondary N) is 1. The second-order valence-electron chi connectivity index (χ2n) is 7.02. The van der Waals surface area contributed by atoms with Gasteiger partial charge in [0.05, 0.1) is 12.1 Å². The second kappa shape index (κ2) is 9.57. The molecule has 2 heterocycles. The molecule has 0 spiro atoms. The topological polar surface area (TPSA) is 81.4 Å². The maximum absolute atomic E-state index is 13.1. The third kappa shape index (κ3) is 5.28. The highest BCUT2D eigenvalue weighted by molar-refractivity contribution is 7.09. The first-order chi connectivity index (χ1) is 15.5. The van der Waals surface area contributed by atoms with Crippen LogP contribution in [0, 0.1) is 12.7 Å². The van der Waals surface area contributed by atoms with Gasteiger partial charge in [0.25, 0.3) is 0 Å². The molecule has 6 nitrogen and oxygen atoms in total. The standard InChI is InChI=1S/C24H19FN2O4S/c1-15-4-2-3-5-19(15)27-22(28)12-23-26-18(14-32-23)13-30-24(29)21-11-10-20(31-21)16-6-8-17(25)9-7-16/h2-11,14H,12-13H2,1H3,(H,27,28). The van der Waals surface area contributed by atoms with Gasteiger partial charge in [0.1, 0.15) is 23.2 Å². The van der Waals surface area contributed by atoms with Gasteiger partial charge in [0.15, 0.2) is 0 Å². The number of halogens is 1. The number of benzene rings is 2. The molecular weight excluding hydrogens is 431 g/mol. The van der Waals surface area contributed by atoms with E-state index in [0.717, 1.165) is 11.3 Å². The van der Waals surface area contributed by atoms with E-state index in [9.17, 15) is 14.0 Å². The van der Waals surface area contributed by atoms with Gasteiger partial charge in [0, 0.05) is 16.6 Å². The number of furan rings is 1. The van der Waals surface area contributed by atoms with Crippen LogP contribution >= 0.6 is 11.3 Å². The van der Waals surface area contributed by atoms with E-state index in [1.165, 1.54) is 29.5 Å². The van der Waals surface area contributed by atoms with E-state index in [1.54, 1.807) is 23.6 Å². The summed E-state index contributed by atoms with van der Waals surface area (Å²) < 4.78 is 23.8. The zero-order valence-electron chi connectivity index (χ0n) is 17.1. The number of esters is 1. The van der Waals surface area contributed by atoms with Crippen LogP contribution < -0.4 is 5.32 Å². The van der Waals surface area contributed by atoms with Gasteiger partial charge in [-0.1, -0.05) is 18.2 Å². The Labute approximate surface area is 187 Å². The molecule has 1 amide bonds. The summed E-state index contributed by atoms with van der Waals surface area (Å²) in [7, 11) is 0. The van der Waals surface area contributed by atoms with Crippen LogP contribution in [0.2, 0.25) is 0 Å². The normalized spacial score (nSPS) is 10.7. The zero-order valence-corrected chi connectivity index (χ0v) is 17.9. The van der Waals surface area contributed by atoms with Crippen LogP contribution in [0.25, 0.3) is 11.3 Å². The Hall–Kier alpha value is -3.78. The minimum atomic E-state index is -0.634. The lowest BCUT2D eigenvalue weighted by molar-refractivity contribution is -0.115. The largest absolute Gasteiger partial charge is 0.453 e. The minimum absolute atomic E-state index is 0.0392. The Morgan fingerprint density at radius 2 is 1.88 bits per heavy atom. The molecule has 0 unspecified atom stereocenters. The summed E-state index contributed by atoms with van der Waals surface area (Å²) in [4.78, 5) is 28.9. The number of rotatable bonds is 7. The van der Waals surface area contributed by atoms with Crippen LogP contribution in [-0.4, -0.2) is 16.9 Å². The lowest BCUT2D eigenvalue weighted by atomic mass is 10.2. The van der Waals surface area contributed by atoms with E-state index in [-0.39, 0.29) is 30.5 Å². The average molecular weight is 450 g/mol. The Morgan fingerprint density at radius 3 is 2.66 bits per heavy atom. The van der Waals surface area contributed by atoms with Gasteiger partial charge in [-0.05, 0) is 55.0 Å². The number of carbonyl (C=O) groups excluding carboxylic acids is 2. The molecule has 0 aliphatic heterocycles. The molecule has 0 aliphatic rings. The maximum Gasteiger partial charge on any atom is 0.374 e. The first kappa shape index (κ1) is 21.5. The SMILES string of the molecule is Cc1ccccc1NC(=O)Cc1nc(COC(=O)c2ccc(-c3ccc(F)cc3)o2)cs1. The molecule has 0 fully saturated rings. The van der Waals surface area contributed by atoms with Crippen molar-refractivity contribution in [2.24, 2.45) is 0 Å². The molecule has 8 heteroatoms. The molecule has 0 atom stereocenters. The fraction of sp³-hybridized carbons (Fsp3) is 0.125. The molecule has 32 heavy (non-hydrogen) atoms. The van der Waals surface area contributed by atoms with Crippen LogP contribution in [0.5, 0.6) is 0 Å². The van der Waals surface area contributed by atoms with E-state index in [2.05, 4.69) is 10.3 Å². The molecule has 0 saturated carbocycles. The second-order valence-corrected chi connectivity index (χ2v) is 7.96. The molecule has 2 aromatic carbocycles. The number of thiazole rings is 1. The number of anilines is 1. The summed E-state index contributed by atoms with van der Waals surface area (Å²) in [5.74, 6) is -0.675. The van der Waals surface area contributed by atoms with Crippen LogP contribution in [0.3, 0.4) is 0 Å². The number of amides is 1. The number of nitrogens with zero attached hydrogens (tertiary/aromatic N) is 1. The van der Waals surface area contributed by atoms with Crippen LogP contribution in [0.1, 0.15) is 26.8 Å². The molecule has 0 aliphatic carbocycles. The number of carbonyl (C=O) groups is 2. The van der Waals surface area contributed by atoms with E-state index in [4.69, 9.17) is 9.15 Å². The summed E-state index contributed by atoms with van der Waals surface area (Å²) in [6.07, 6.45) is 0.131. The van der Waals surface area contributed by atoms with Crippen LogP contribution in [0.4, 0.5) is 10.1 Å². The molecule has 4 rings (SSSR count). The maximum atomic E-state index is 13.1. The van der Waals surface area contributed by atoms with Crippen molar-refractivity contribution in [1.82, 2.24) is 4.98 Å². The van der Waals surface area contributed by atoms with Gasteiger partial charge >= 0.3 is 5.97 Å². The summed E-state index contributed by atoms with van der Waals surface area (Å²) in [5, 5.41) is 5.24. The van der Waals surface area contributed by atoms with Gasteiger partial charge in [-0.15, -0.1) is 11.3 Å². The summed E-state index contributed by atoms with van der Waals surface area (Å²) >= 11 is 1.33. The first-order valence-electron chi connectivity index (χ1n) is 9.79. The highest BCUT2D eigenvalue weighted by Crippen LogP contribution is 2.23. The number of para-hydroxylation sites is 1. The molecule has 4 aromatic rings. The zero-order chi connectivity index (χ0) is 22.5. The van der Waals surface area contributed by atoms with E-state index in [0.29, 0.717) is 22.0 Å². The van der Waals surface area contributed by atoms with Crippen LogP contribution in [-0.2, 0) is 22.6 Å². The number of aryl methyl sites for hydroxylation is 1. The van der Waals surface area contributed by atoms with Gasteiger partial charge in [-0.25, -0.2) is 14.2 Å². The van der Waals surface area contributed by atoms with Crippen molar-refractivity contribution in [3.05, 3.63) is 93.9 Å². The lowest BCUT2D eigenvalue weighted by Gasteiger charge is -2.06. The van der Waals surface area contributed by atoms with Crippen molar-refractivity contribution >= 4 is 28.9 Å². The third-order valence-corrected chi connectivity index (χ3v) is 5.51. The van der Waals surface area contributed by atoms with Crippen molar-refractivity contribution < 1.29 is 23.1 Å². The van der Waals surface area contributed by atoms with Crippen molar-refractivity contribution in [2.75, 3.05) is 5.32 Å². The summed E-state index contributed by atoms with van der Waals surface area (Å²) in [6.45, 7) is 1.88. The van der Waals surface area contributed by atoms with Gasteiger partial charge in [0.2, 0.25) is 11.7 Å². The fourth-order valence-electron chi connectivity index (χ4n) is 2.97. The number of ether oxygens (including phenoxy) is 1. The Morgan fingerprint density at radius 1 is 1.09 bits per heavy atom. The monoisotopic (exact) mass is 450 g/mol. The molecule has 162 valence electrons. The van der Waals surface area contributed by atoms with E-state index >= 15 is 0 Å². The smallest absolute Gasteiger partial charge is 0.374 e. The highest BCUT2D eigenvalue weighted by Gasteiger charge is 2.15. The lowest BCUT2D eigenvalue weighted by Crippen LogP contribution is -2.15. The highest BCUT2D eigenvalue weighted by atomic mass is 32.1. The quantitative estimate of drug-likeness (QED) is 0.382. The Balaban J connectivity index is 1.30. The van der Waals surface area contributed by atoms with Crippen molar-refractivity contribution in [1.29, 1.82) is 0 Å². The van der Waals surface area contributed by atoms with Gasteiger partial charge in [-0.3, -0.25) is 4.79 Å². The van der Waals surface area contributed by atoms with Crippen molar-refractivity contribution in [3.63, 3.8) is 0 Å². The fourth-order valence-corrected chi connectivity index (χ4v) is 3.75. The first-order valence-corrected chi connectivity index (χ1v) is 10.7. The predicted molar refractivity (Wildman–Crippen MR) is 119 cm³/mol. The average Bonchev–Trinajstić information content (AvgIpc) is 3.44. The van der Waals surface area contributed by atoms with Crippen LogP contribution in [0.15, 0.2) is 70.5 Å². The molecule has 0 saturated heterocycles. The molecular formula is C24H19FN2O4S.